The zero-order valence-corrected chi connectivity index (χ0v) is 12.9. The van der Waals surface area contributed by atoms with E-state index >= 15 is 0 Å². The van der Waals surface area contributed by atoms with E-state index in [1.165, 1.54) is 34.9 Å². The molecule has 1 atom stereocenters. The Kier molecular flexibility index (Phi) is 4.66. The van der Waals surface area contributed by atoms with Crippen LogP contribution in [0.4, 0.5) is 0 Å². The minimum atomic E-state index is 0.318. The van der Waals surface area contributed by atoms with Gasteiger partial charge in [-0.05, 0) is 37.3 Å². The number of hydrogen-bond acceptors (Lipinski definition) is 1. The first-order chi connectivity index (χ1) is 8.65. The van der Waals surface area contributed by atoms with E-state index in [2.05, 4.69) is 35.9 Å². The summed E-state index contributed by atoms with van der Waals surface area (Å²) in [6, 6.07) is 0.347. The minimum absolute atomic E-state index is 0.318. The smallest absolute Gasteiger partial charge is 0.223 e. The van der Waals surface area contributed by atoms with Crippen molar-refractivity contribution in [1.29, 1.82) is 0 Å². The van der Waals surface area contributed by atoms with Gasteiger partial charge in [-0.2, -0.15) is 0 Å². The largest absolute Gasteiger partial charge is 0.332 e. The van der Waals surface area contributed by atoms with Crippen molar-refractivity contribution >= 4 is 21.8 Å². The number of carbonyl (C=O) groups excluding carboxylic acids is 1. The van der Waals surface area contributed by atoms with Gasteiger partial charge in [-0.25, -0.2) is 0 Å². The molecule has 1 amide bonds. The van der Waals surface area contributed by atoms with Crippen LogP contribution in [0.2, 0.25) is 0 Å². The number of amides is 1. The number of rotatable bonds is 4. The highest BCUT2D eigenvalue weighted by Gasteiger charge is 2.36. The predicted molar refractivity (Wildman–Crippen MR) is 78.6 cm³/mol. The number of allylic oxidation sites excluding steroid dienone is 1. The van der Waals surface area contributed by atoms with E-state index in [4.69, 9.17) is 0 Å². The quantitative estimate of drug-likeness (QED) is 0.714. The number of hydrogen-bond donors (Lipinski definition) is 0. The lowest BCUT2D eigenvalue weighted by Gasteiger charge is -2.33. The lowest BCUT2D eigenvalue weighted by Crippen LogP contribution is -2.38. The van der Waals surface area contributed by atoms with E-state index in [1.807, 2.05) is 4.90 Å². The molecule has 0 N–H and O–H groups in total. The molecule has 3 heteroatoms. The Morgan fingerprint density at radius 2 is 2.22 bits per heavy atom. The lowest BCUT2D eigenvalue weighted by atomic mass is 9.97. The first-order valence-corrected chi connectivity index (χ1v) is 7.79. The third-order valence-electron chi connectivity index (χ3n) is 4.00. The van der Waals surface area contributed by atoms with E-state index in [0.717, 1.165) is 19.4 Å². The number of carbonyl (C=O) groups is 1. The van der Waals surface area contributed by atoms with Gasteiger partial charge >= 0.3 is 0 Å². The second-order valence-electron chi connectivity index (χ2n) is 5.30. The molecule has 100 valence electrons. The molecule has 1 saturated heterocycles. The fourth-order valence-corrected chi connectivity index (χ4v) is 3.41. The van der Waals surface area contributed by atoms with Gasteiger partial charge in [0.2, 0.25) is 5.91 Å². The molecule has 0 aromatic carbocycles. The van der Waals surface area contributed by atoms with Crippen molar-refractivity contribution in [3.05, 3.63) is 21.7 Å². The number of unbranched alkanes of at least 4 members (excludes halogenated alkanes) is 3. The van der Waals surface area contributed by atoms with Crippen LogP contribution in [-0.4, -0.2) is 23.4 Å². The van der Waals surface area contributed by atoms with Crippen LogP contribution in [0.3, 0.4) is 0 Å². The number of nitrogens with zero attached hydrogens (tertiary/aromatic N) is 1. The van der Waals surface area contributed by atoms with Crippen LogP contribution < -0.4 is 0 Å². The molecular formula is C15H22BrNO. The molecule has 2 rings (SSSR count). The highest BCUT2D eigenvalue weighted by Crippen LogP contribution is 2.37. The van der Waals surface area contributed by atoms with Crippen molar-refractivity contribution in [2.45, 2.75) is 58.4 Å². The average Bonchev–Trinajstić information content (AvgIpc) is 2.73. The van der Waals surface area contributed by atoms with E-state index in [0.29, 0.717) is 18.4 Å². The second-order valence-corrected chi connectivity index (χ2v) is 6.09. The molecule has 0 aliphatic carbocycles. The summed E-state index contributed by atoms with van der Waals surface area (Å²) in [5.74, 6) is 0.318. The van der Waals surface area contributed by atoms with Crippen molar-refractivity contribution in [1.82, 2.24) is 4.90 Å². The summed E-state index contributed by atoms with van der Waals surface area (Å²) in [4.78, 5) is 13.9. The molecule has 0 spiro atoms. The Bertz CT molecular complexity index is 397. The van der Waals surface area contributed by atoms with Crippen LogP contribution in [0.25, 0.3) is 0 Å². The van der Waals surface area contributed by atoms with Crippen molar-refractivity contribution in [3.8, 4) is 0 Å². The molecule has 0 bridgehead atoms. The van der Waals surface area contributed by atoms with Gasteiger partial charge in [-0.1, -0.05) is 41.8 Å². The molecule has 2 aliphatic heterocycles. The van der Waals surface area contributed by atoms with Crippen molar-refractivity contribution in [3.63, 3.8) is 0 Å². The van der Waals surface area contributed by atoms with E-state index < -0.39 is 0 Å². The van der Waals surface area contributed by atoms with Crippen molar-refractivity contribution < 1.29 is 4.79 Å². The fourth-order valence-electron chi connectivity index (χ4n) is 2.86. The van der Waals surface area contributed by atoms with E-state index in [-0.39, 0.29) is 0 Å². The predicted octanol–water partition coefficient (Wildman–Crippen LogP) is 4.17. The molecule has 2 aliphatic rings. The molecule has 1 unspecified atom stereocenters. The molecular weight excluding hydrogens is 290 g/mol. The van der Waals surface area contributed by atoms with Crippen LogP contribution >= 0.6 is 15.9 Å². The minimum Gasteiger partial charge on any atom is -0.332 e. The average molecular weight is 312 g/mol. The standard InChI is InChI=1S/C15H22BrNO/c1-3-4-5-6-7-12-10-17-13(8-9-14(17)18)11(2)15(12)16/h7,13H,3-6,8-10H2,1-2H3/b12-7+. The molecule has 18 heavy (non-hydrogen) atoms. The number of halogens is 1. The van der Waals surface area contributed by atoms with Gasteiger partial charge in [0.15, 0.2) is 0 Å². The van der Waals surface area contributed by atoms with Gasteiger partial charge in [-0.3, -0.25) is 4.79 Å². The van der Waals surface area contributed by atoms with Gasteiger partial charge in [0.1, 0.15) is 0 Å². The highest BCUT2D eigenvalue weighted by atomic mass is 79.9. The molecule has 0 aromatic rings. The Balaban J connectivity index is 2.10. The summed E-state index contributed by atoms with van der Waals surface area (Å²) in [5, 5.41) is 0. The van der Waals surface area contributed by atoms with Gasteiger partial charge in [-0.15, -0.1) is 0 Å². The van der Waals surface area contributed by atoms with Crippen LogP contribution in [0, 0.1) is 0 Å². The maximum absolute atomic E-state index is 11.8. The maximum atomic E-state index is 11.8. The maximum Gasteiger partial charge on any atom is 0.223 e. The van der Waals surface area contributed by atoms with Crippen LogP contribution in [-0.2, 0) is 4.79 Å². The molecule has 1 fully saturated rings. The van der Waals surface area contributed by atoms with Crippen LogP contribution in [0.15, 0.2) is 21.7 Å². The third kappa shape index (κ3) is 2.71. The molecule has 0 saturated carbocycles. The monoisotopic (exact) mass is 311 g/mol. The number of fused-ring (bicyclic) bond motifs is 1. The molecule has 0 aromatic heterocycles. The van der Waals surface area contributed by atoms with E-state index in [9.17, 15) is 4.79 Å². The van der Waals surface area contributed by atoms with Crippen LogP contribution in [0.1, 0.15) is 52.4 Å². The lowest BCUT2D eigenvalue weighted by molar-refractivity contribution is -0.128. The zero-order chi connectivity index (χ0) is 13.1. The SMILES string of the molecule is CCCCC/C=C1\CN2C(=O)CCC2C(C)=C1Br. The molecule has 0 radical (unpaired) electrons. The zero-order valence-electron chi connectivity index (χ0n) is 11.3. The first kappa shape index (κ1) is 13.9. The molecule has 2 heterocycles. The molecule has 2 nitrogen and oxygen atoms in total. The normalized spacial score (nSPS) is 26.2. The Hall–Kier alpha value is -0.570. The summed E-state index contributed by atoms with van der Waals surface area (Å²) >= 11 is 3.72. The highest BCUT2D eigenvalue weighted by molar-refractivity contribution is 9.12. The van der Waals surface area contributed by atoms with Crippen molar-refractivity contribution in [2.24, 2.45) is 0 Å². The van der Waals surface area contributed by atoms with Crippen molar-refractivity contribution in [2.75, 3.05) is 6.54 Å². The Labute approximate surface area is 118 Å². The van der Waals surface area contributed by atoms with E-state index in [1.54, 1.807) is 0 Å². The topological polar surface area (TPSA) is 20.3 Å². The summed E-state index contributed by atoms with van der Waals surface area (Å²) in [6.07, 6.45) is 8.93. The summed E-state index contributed by atoms with van der Waals surface area (Å²) in [7, 11) is 0. The fraction of sp³-hybridized carbons (Fsp3) is 0.667. The summed E-state index contributed by atoms with van der Waals surface area (Å²) in [6.45, 7) is 5.17. The summed E-state index contributed by atoms with van der Waals surface area (Å²) in [5.41, 5.74) is 2.63. The van der Waals surface area contributed by atoms with Gasteiger partial charge in [0.05, 0.1) is 6.04 Å². The Morgan fingerprint density at radius 1 is 1.44 bits per heavy atom. The van der Waals surface area contributed by atoms with Gasteiger partial charge in [0.25, 0.3) is 0 Å². The van der Waals surface area contributed by atoms with Gasteiger partial charge in [0, 0.05) is 17.4 Å². The first-order valence-electron chi connectivity index (χ1n) is 7.00. The Morgan fingerprint density at radius 3 is 2.94 bits per heavy atom. The third-order valence-corrected chi connectivity index (χ3v) is 5.13. The summed E-state index contributed by atoms with van der Waals surface area (Å²) < 4.78 is 1.25. The van der Waals surface area contributed by atoms with Gasteiger partial charge < -0.3 is 4.90 Å². The second kappa shape index (κ2) is 6.05. The van der Waals surface area contributed by atoms with Crippen LogP contribution in [0.5, 0.6) is 0 Å².